The van der Waals surface area contributed by atoms with Gasteiger partial charge in [-0.1, -0.05) is 12.1 Å². The van der Waals surface area contributed by atoms with Crippen LogP contribution in [0.4, 0.5) is 0 Å². The monoisotopic (exact) mass is 377 g/mol. The number of hydrogen-bond acceptors (Lipinski definition) is 5. The largest absolute Gasteiger partial charge is 0.471 e. The van der Waals surface area contributed by atoms with E-state index in [9.17, 15) is 4.79 Å². The first kappa shape index (κ1) is 18.2. The zero-order valence-corrected chi connectivity index (χ0v) is 16.3. The summed E-state index contributed by atoms with van der Waals surface area (Å²) >= 11 is 0. The molecule has 0 radical (unpaired) electrons. The van der Waals surface area contributed by atoms with Gasteiger partial charge in [-0.2, -0.15) is 5.10 Å². The van der Waals surface area contributed by atoms with Gasteiger partial charge in [0, 0.05) is 55.8 Å². The lowest BCUT2D eigenvalue weighted by Gasteiger charge is -2.27. The average Bonchev–Trinajstić information content (AvgIpc) is 3.01. The number of carbonyl (C=O) groups is 1. The third kappa shape index (κ3) is 3.47. The second-order valence-electron chi connectivity index (χ2n) is 7.05. The minimum absolute atomic E-state index is 0.0418. The summed E-state index contributed by atoms with van der Waals surface area (Å²) in [5.41, 5.74) is 5.36. The number of hydrogen-bond donors (Lipinski definition) is 0. The first-order chi connectivity index (χ1) is 13.5. The molecule has 0 aliphatic carbocycles. The summed E-state index contributed by atoms with van der Waals surface area (Å²) in [5.74, 6) is 0.534. The Morgan fingerprint density at radius 1 is 1.21 bits per heavy atom. The molecule has 1 aliphatic rings. The normalized spacial score (nSPS) is 13.3. The standard InChI is InChI=1S/C21H23N5O2/c1-14-6-5-10-22-20(14)21(27)26-11-9-18-16(12-26)17(24-25(18)3)13-28-19-8-4-7-15(2)23-19/h4-8,10H,9,11-13H2,1-3H3. The van der Waals surface area contributed by atoms with Gasteiger partial charge in [0.05, 0.1) is 0 Å². The van der Waals surface area contributed by atoms with Gasteiger partial charge in [0.1, 0.15) is 18.0 Å². The fourth-order valence-corrected chi connectivity index (χ4v) is 3.56. The van der Waals surface area contributed by atoms with E-state index in [-0.39, 0.29) is 5.91 Å². The van der Waals surface area contributed by atoms with Crippen LogP contribution in [0.25, 0.3) is 0 Å². The van der Waals surface area contributed by atoms with E-state index in [1.54, 1.807) is 6.20 Å². The molecule has 7 heteroatoms. The Hall–Kier alpha value is -3.22. The van der Waals surface area contributed by atoms with Crippen molar-refractivity contribution < 1.29 is 9.53 Å². The molecule has 4 rings (SSSR count). The van der Waals surface area contributed by atoms with Gasteiger partial charge in [-0.25, -0.2) is 4.98 Å². The summed E-state index contributed by atoms with van der Waals surface area (Å²) in [5, 5.41) is 4.62. The molecular weight excluding hydrogens is 354 g/mol. The Morgan fingerprint density at radius 3 is 2.86 bits per heavy atom. The fourth-order valence-electron chi connectivity index (χ4n) is 3.56. The summed E-state index contributed by atoms with van der Waals surface area (Å²) in [7, 11) is 1.94. The van der Waals surface area contributed by atoms with Crippen LogP contribution in [0, 0.1) is 13.8 Å². The molecule has 3 aromatic heterocycles. The van der Waals surface area contributed by atoms with Gasteiger partial charge in [0.2, 0.25) is 5.88 Å². The second-order valence-corrected chi connectivity index (χ2v) is 7.05. The molecule has 3 aromatic rings. The number of carbonyl (C=O) groups excluding carboxylic acids is 1. The summed E-state index contributed by atoms with van der Waals surface area (Å²) in [6, 6.07) is 9.44. The van der Waals surface area contributed by atoms with Gasteiger partial charge in [-0.3, -0.25) is 14.5 Å². The van der Waals surface area contributed by atoms with Crippen LogP contribution in [-0.2, 0) is 26.6 Å². The van der Waals surface area contributed by atoms with E-state index in [1.165, 1.54) is 0 Å². The minimum Gasteiger partial charge on any atom is -0.471 e. The Bertz CT molecular complexity index is 1030. The van der Waals surface area contributed by atoms with Crippen LogP contribution in [0.1, 0.15) is 38.7 Å². The first-order valence-electron chi connectivity index (χ1n) is 9.34. The van der Waals surface area contributed by atoms with E-state index in [0.29, 0.717) is 31.3 Å². The molecule has 0 bridgehead atoms. The molecule has 144 valence electrons. The molecule has 7 nitrogen and oxygen atoms in total. The summed E-state index contributed by atoms with van der Waals surface area (Å²) < 4.78 is 7.74. The molecule has 4 heterocycles. The molecule has 1 amide bonds. The lowest BCUT2D eigenvalue weighted by molar-refractivity contribution is 0.0725. The molecule has 1 aliphatic heterocycles. The molecule has 0 aromatic carbocycles. The van der Waals surface area contributed by atoms with Crippen molar-refractivity contribution in [2.24, 2.45) is 7.05 Å². The van der Waals surface area contributed by atoms with Crippen molar-refractivity contribution in [3.05, 3.63) is 70.4 Å². The van der Waals surface area contributed by atoms with Crippen LogP contribution in [0.15, 0.2) is 36.5 Å². The molecule has 0 saturated carbocycles. The minimum atomic E-state index is -0.0418. The lowest BCUT2D eigenvalue weighted by Crippen LogP contribution is -2.37. The SMILES string of the molecule is Cc1cccc(OCc2nn(C)c3c2CN(C(=O)c2ncccc2C)CC3)n1. The summed E-state index contributed by atoms with van der Waals surface area (Å²) in [6.45, 7) is 5.33. The molecule has 0 spiro atoms. The van der Waals surface area contributed by atoms with Crippen LogP contribution < -0.4 is 4.74 Å². The Morgan fingerprint density at radius 2 is 2.07 bits per heavy atom. The highest BCUT2D eigenvalue weighted by molar-refractivity contribution is 5.93. The van der Waals surface area contributed by atoms with Gasteiger partial charge < -0.3 is 9.64 Å². The third-order valence-electron chi connectivity index (χ3n) is 5.04. The number of pyridine rings is 2. The lowest BCUT2D eigenvalue weighted by atomic mass is 10.0. The zero-order valence-electron chi connectivity index (χ0n) is 16.3. The number of aromatic nitrogens is 4. The zero-order chi connectivity index (χ0) is 19.7. The molecule has 0 fully saturated rings. The number of aryl methyl sites for hydroxylation is 3. The predicted octanol–water partition coefficient (Wildman–Crippen LogP) is 2.60. The van der Waals surface area contributed by atoms with Crippen molar-refractivity contribution in [3.63, 3.8) is 0 Å². The van der Waals surface area contributed by atoms with Crippen molar-refractivity contribution in [2.45, 2.75) is 33.4 Å². The smallest absolute Gasteiger partial charge is 0.273 e. The van der Waals surface area contributed by atoms with Gasteiger partial charge in [-0.15, -0.1) is 0 Å². The number of ether oxygens (including phenoxy) is 1. The number of rotatable bonds is 4. The molecule has 0 unspecified atom stereocenters. The third-order valence-corrected chi connectivity index (χ3v) is 5.04. The number of amides is 1. The van der Waals surface area contributed by atoms with Gasteiger partial charge >= 0.3 is 0 Å². The van der Waals surface area contributed by atoms with E-state index in [1.807, 2.05) is 60.8 Å². The molecule has 28 heavy (non-hydrogen) atoms. The topological polar surface area (TPSA) is 73.1 Å². The summed E-state index contributed by atoms with van der Waals surface area (Å²) in [6.07, 6.45) is 2.42. The van der Waals surface area contributed by atoms with E-state index < -0.39 is 0 Å². The highest BCUT2D eigenvalue weighted by atomic mass is 16.5. The van der Waals surface area contributed by atoms with E-state index in [4.69, 9.17) is 4.74 Å². The molecule has 0 N–H and O–H groups in total. The Balaban J connectivity index is 1.54. The quantitative estimate of drug-likeness (QED) is 0.699. The van der Waals surface area contributed by atoms with Crippen molar-refractivity contribution >= 4 is 5.91 Å². The molecular formula is C21H23N5O2. The average molecular weight is 377 g/mol. The van der Waals surface area contributed by atoms with Gasteiger partial charge in [-0.05, 0) is 31.5 Å². The fraction of sp³-hybridized carbons (Fsp3) is 0.333. The van der Waals surface area contributed by atoms with E-state index >= 15 is 0 Å². The van der Waals surface area contributed by atoms with Gasteiger partial charge in [0.15, 0.2) is 0 Å². The number of fused-ring (bicyclic) bond motifs is 1. The maximum absolute atomic E-state index is 13.0. The van der Waals surface area contributed by atoms with Crippen LogP contribution in [0.3, 0.4) is 0 Å². The second kappa shape index (κ2) is 7.42. The van der Waals surface area contributed by atoms with E-state index in [2.05, 4.69) is 15.1 Å². The first-order valence-corrected chi connectivity index (χ1v) is 9.34. The van der Waals surface area contributed by atoms with E-state index in [0.717, 1.165) is 34.6 Å². The Labute approximate surface area is 164 Å². The van der Waals surface area contributed by atoms with Crippen LogP contribution in [-0.4, -0.2) is 37.1 Å². The number of nitrogens with zero attached hydrogens (tertiary/aromatic N) is 5. The van der Waals surface area contributed by atoms with Crippen molar-refractivity contribution in [3.8, 4) is 5.88 Å². The van der Waals surface area contributed by atoms with Gasteiger partial charge in [0.25, 0.3) is 5.91 Å². The highest BCUT2D eigenvalue weighted by Gasteiger charge is 2.28. The van der Waals surface area contributed by atoms with Crippen LogP contribution in [0.5, 0.6) is 5.88 Å². The molecule has 0 atom stereocenters. The van der Waals surface area contributed by atoms with Crippen LogP contribution >= 0.6 is 0 Å². The van der Waals surface area contributed by atoms with Crippen molar-refractivity contribution in [2.75, 3.05) is 6.54 Å². The Kier molecular flexibility index (Phi) is 4.81. The predicted molar refractivity (Wildman–Crippen MR) is 104 cm³/mol. The molecule has 0 saturated heterocycles. The highest BCUT2D eigenvalue weighted by Crippen LogP contribution is 2.24. The maximum atomic E-state index is 13.0. The summed E-state index contributed by atoms with van der Waals surface area (Å²) in [4.78, 5) is 23.4. The van der Waals surface area contributed by atoms with Crippen molar-refractivity contribution in [1.29, 1.82) is 0 Å². The maximum Gasteiger partial charge on any atom is 0.273 e. The van der Waals surface area contributed by atoms with Crippen LogP contribution in [0.2, 0.25) is 0 Å². The van der Waals surface area contributed by atoms with Crippen molar-refractivity contribution in [1.82, 2.24) is 24.6 Å².